The van der Waals surface area contributed by atoms with E-state index in [0.717, 1.165) is 42.1 Å². The molecule has 0 aliphatic heterocycles. The second kappa shape index (κ2) is 9.89. The number of carbonyl (C=O) groups excluding carboxylic acids is 2. The summed E-state index contributed by atoms with van der Waals surface area (Å²) in [7, 11) is 0. The predicted molar refractivity (Wildman–Crippen MR) is 117 cm³/mol. The van der Waals surface area contributed by atoms with Crippen molar-refractivity contribution in [3.63, 3.8) is 0 Å². The molecule has 0 spiro atoms. The van der Waals surface area contributed by atoms with E-state index in [0.29, 0.717) is 5.56 Å². The molecule has 27 heavy (non-hydrogen) atoms. The minimum Gasteiger partial charge on any atom is -0.352 e. The fraction of sp³-hybridized carbons (Fsp3) is 0.636. The molecule has 1 aromatic rings. The van der Waals surface area contributed by atoms with Crippen LogP contribution in [0.2, 0.25) is 0 Å². The molecule has 1 unspecified atom stereocenters. The SMILES string of the molecule is CC(C(=O)NC1CCCCC1)N(C(=O)c1ccccc1I)C1CCCCC1. The highest BCUT2D eigenvalue weighted by Crippen LogP contribution is 2.27. The summed E-state index contributed by atoms with van der Waals surface area (Å²) in [5.41, 5.74) is 0.709. The molecule has 2 saturated carbocycles. The van der Waals surface area contributed by atoms with Crippen LogP contribution < -0.4 is 5.32 Å². The number of nitrogens with one attached hydrogen (secondary N) is 1. The Kier molecular flexibility index (Phi) is 7.56. The van der Waals surface area contributed by atoms with Gasteiger partial charge < -0.3 is 10.2 Å². The van der Waals surface area contributed by atoms with Gasteiger partial charge in [-0.2, -0.15) is 0 Å². The third-order valence-electron chi connectivity index (χ3n) is 6.06. The van der Waals surface area contributed by atoms with Crippen LogP contribution in [0.3, 0.4) is 0 Å². The van der Waals surface area contributed by atoms with Gasteiger partial charge in [-0.15, -0.1) is 0 Å². The molecule has 0 radical (unpaired) electrons. The van der Waals surface area contributed by atoms with Crippen molar-refractivity contribution in [2.75, 3.05) is 0 Å². The van der Waals surface area contributed by atoms with Gasteiger partial charge in [-0.3, -0.25) is 9.59 Å². The molecule has 2 aliphatic carbocycles. The van der Waals surface area contributed by atoms with Crippen molar-refractivity contribution < 1.29 is 9.59 Å². The zero-order valence-corrected chi connectivity index (χ0v) is 18.4. The highest BCUT2D eigenvalue weighted by Gasteiger charge is 2.34. The standard InChI is InChI=1S/C22H31IN2O2/c1-16(21(26)24-17-10-4-2-5-11-17)25(18-12-6-3-7-13-18)22(27)19-14-8-9-15-20(19)23/h8-9,14-18H,2-7,10-13H2,1H3,(H,24,26). The van der Waals surface area contributed by atoms with Crippen LogP contribution in [0.1, 0.15) is 81.5 Å². The minimum absolute atomic E-state index is 0.00167. The molecule has 0 heterocycles. The van der Waals surface area contributed by atoms with Gasteiger partial charge in [0.05, 0.1) is 5.56 Å². The number of hydrogen-bond acceptors (Lipinski definition) is 2. The molecule has 1 N–H and O–H groups in total. The molecule has 5 heteroatoms. The molecular formula is C22H31IN2O2. The van der Waals surface area contributed by atoms with Crippen molar-refractivity contribution in [3.05, 3.63) is 33.4 Å². The summed E-state index contributed by atoms with van der Waals surface area (Å²) < 4.78 is 0.945. The minimum atomic E-state index is -0.432. The Morgan fingerprint density at radius 2 is 1.59 bits per heavy atom. The van der Waals surface area contributed by atoms with Crippen LogP contribution in [0, 0.1) is 3.57 Å². The molecular weight excluding hydrogens is 451 g/mol. The van der Waals surface area contributed by atoms with E-state index in [9.17, 15) is 9.59 Å². The average Bonchev–Trinajstić information content (AvgIpc) is 2.70. The number of halogens is 1. The maximum Gasteiger partial charge on any atom is 0.255 e. The van der Waals surface area contributed by atoms with Gasteiger partial charge in [0.1, 0.15) is 6.04 Å². The maximum atomic E-state index is 13.4. The van der Waals surface area contributed by atoms with Crippen molar-refractivity contribution >= 4 is 34.4 Å². The van der Waals surface area contributed by atoms with Crippen molar-refractivity contribution in [1.82, 2.24) is 10.2 Å². The first-order valence-electron chi connectivity index (χ1n) is 10.5. The van der Waals surface area contributed by atoms with Crippen LogP contribution in [0.25, 0.3) is 0 Å². The summed E-state index contributed by atoms with van der Waals surface area (Å²) in [6.07, 6.45) is 11.3. The second-order valence-electron chi connectivity index (χ2n) is 8.00. The molecule has 1 aromatic carbocycles. The van der Waals surface area contributed by atoms with Crippen molar-refractivity contribution in [2.45, 2.75) is 89.3 Å². The summed E-state index contributed by atoms with van der Waals surface area (Å²) >= 11 is 2.22. The van der Waals surface area contributed by atoms with E-state index < -0.39 is 6.04 Å². The Hall–Kier alpha value is -1.11. The number of benzene rings is 1. The molecule has 2 aliphatic rings. The molecule has 4 nitrogen and oxygen atoms in total. The van der Waals surface area contributed by atoms with Crippen LogP contribution in [-0.4, -0.2) is 34.8 Å². The molecule has 1 atom stereocenters. The van der Waals surface area contributed by atoms with Gasteiger partial charge in [-0.1, -0.05) is 50.7 Å². The Morgan fingerprint density at radius 3 is 2.22 bits per heavy atom. The van der Waals surface area contributed by atoms with Gasteiger partial charge in [-0.05, 0) is 67.3 Å². The Bertz CT molecular complexity index is 651. The number of hydrogen-bond donors (Lipinski definition) is 1. The molecule has 0 saturated heterocycles. The fourth-order valence-electron chi connectivity index (χ4n) is 4.49. The number of nitrogens with zero attached hydrogens (tertiary/aromatic N) is 1. The van der Waals surface area contributed by atoms with Crippen LogP contribution in [0.5, 0.6) is 0 Å². The molecule has 2 amide bonds. The largest absolute Gasteiger partial charge is 0.352 e. The first-order valence-corrected chi connectivity index (χ1v) is 11.5. The number of amides is 2. The summed E-state index contributed by atoms with van der Waals surface area (Å²) in [5, 5.41) is 3.22. The van der Waals surface area contributed by atoms with Crippen molar-refractivity contribution in [2.24, 2.45) is 0 Å². The zero-order chi connectivity index (χ0) is 19.2. The molecule has 3 rings (SSSR count). The van der Waals surface area contributed by atoms with Crippen LogP contribution in [-0.2, 0) is 4.79 Å². The van der Waals surface area contributed by atoms with E-state index in [1.807, 2.05) is 36.1 Å². The summed E-state index contributed by atoms with van der Waals surface area (Å²) in [6, 6.07) is 7.69. The Balaban J connectivity index is 1.79. The van der Waals surface area contributed by atoms with E-state index in [4.69, 9.17) is 0 Å². The number of carbonyl (C=O) groups is 2. The van der Waals surface area contributed by atoms with Gasteiger partial charge in [-0.25, -0.2) is 0 Å². The van der Waals surface area contributed by atoms with Crippen LogP contribution >= 0.6 is 22.6 Å². The lowest BCUT2D eigenvalue weighted by molar-refractivity contribution is -0.127. The van der Waals surface area contributed by atoms with Crippen LogP contribution in [0.15, 0.2) is 24.3 Å². The molecule has 2 fully saturated rings. The third kappa shape index (κ3) is 5.24. The maximum absolute atomic E-state index is 13.4. The number of rotatable bonds is 5. The summed E-state index contributed by atoms with van der Waals surface area (Å²) in [4.78, 5) is 28.3. The fourth-order valence-corrected chi connectivity index (χ4v) is 5.10. The third-order valence-corrected chi connectivity index (χ3v) is 7.00. The van der Waals surface area contributed by atoms with E-state index in [-0.39, 0.29) is 23.9 Å². The van der Waals surface area contributed by atoms with Gasteiger partial charge in [0.15, 0.2) is 0 Å². The van der Waals surface area contributed by atoms with Crippen molar-refractivity contribution in [3.8, 4) is 0 Å². The Morgan fingerprint density at radius 1 is 1.00 bits per heavy atom. The molecule has 0 bridgehead atoms. The van der Waals surface area contributed by atoms with E-state index in [1.165, 1.54) is 25.7 Å². The molecule has 148 valence electrons. The van der Waals surface area contributed by atoms with Crippen LogP contribution in [0.4, 0.5) is 0 Å². The van der Waals surface area contributed by atoms with E-state index >= 15 is 0 Å². The lowest BCUT2D eigenvalue weighted by Crippen LogP contribution is -2.54. The smallest absolute Gasteiger partial charge is 0.255 e. The normalized spacial score (nSPS) is 20.1. The summed E-state index contributed by atoms with van der Waals surface area (Å²) in [6.45, 7) is 1.90. The second-order valence-corrected chi connectivity index (χ2v) is 9.17. The van der Waals surface area contributed by atoms with Gasteiger partial charge >= 0.3 is 0 Å². The van der Waals surface area contributed by atoms with Crippen molar-refractivity contribution in [1.29, 1.82) is 0 Å². The Labute approximate surface area is 176 Å². The average molecular weight is 482 g/mol. The topological polar surface area (TPSA) is 49.4 Å². The van der Waals surface area contributed by atoms with Gasteiger partial charge in [0.25, 0.3) is 5.91 Å². The quantitative estimate of drug-likeness (QED) is 0.607. The summed E-state index contributed by atoms with van der Waals surface area (Å²) in [5.74, 6) is 0.00459. The molecule has 0 aromatic heterocycles. The van der Waals surface area contributed by atoms with E-state index in [1.54, 1.807) is 0 Å². The monoisotopic (exact) mass is 482 g/mol. The first-order chi connectivity index (χ1) is 13.1. The predicted octanol–water partition coefficient (Wildman–Crippen LogP) is 4.90. The lowest BCUT2D eigenvalue weighted by atomic mass is 9.92. The zero-order valence-electron chi connectivity index (χ0n) is 16.3. The highest BCUT2D eigenvalue weighted by atomic mass is 127. The highest BCUT2D eigenvalue weighted by molar-refractivity contribution is 14.1. The lowest BCUT2D eigenvalue weighted by Gasteiger charge is -2.39. The van der Waals surface area contributed by atoms with Gasteiger partial charge in [0, 0.05) is 15.7 Å². The first kappa shape index (κ1) is 20.6. The van der Waals surface area contributed by atoms with Gasteiger partial charge in [0.2, 0.25) is 5.91 Å². The van der Waals surface area contributed by atoms with E-state index in [2.05, 4.69) is 27.9 Å².